The summed E-state index contributed by atoms with van der Waals surface area (Å²) in [5, 5.41) is 0.592. The molecule has 118 valence electrons. The minimum absolute atomic E-state index is 0.327. The lowest BCUT2D eigenvalue weighted by molar-refractivity contribution is 0.0599. The average molecular weight is 330 g/mol. The van der Waals surface area contributed by atoms with Gasteiger partial charge in [-0.3, -0.25) is 4.98 Å². The number of methoxy groups -OCH3 is 2. The van der Waals surface area contributed by atoms with Crippen LogP contribution in [0.5, 0.6) is 5.75 Å². The van der Waals surface area contributed by atoms with Gasteiger partial charge in [0.05, 0.1) is 30.5 Å². The number of fused-ring (bicyclic) bond motifs is 1. The van der Waals surface area contributed by atoms with Gasteiger partial charge in [0.15, 0.2) is 0 Å². The first-order chi connectivity index (χ1) is 11.1. The van der Waals surface area contributed by atoms with Crippen molar-refractivity contribution in [2.24, 2.45) is 0 Å². The smallest absolute Gasteiger partial charge is 0.338 e. The minimum atomic E-state index is -0.327. The highest BCUT2D eigenvalue weighted by molar-refractivity contribution is 6.32. The van der Waals surface area contributed by atoms with Gasteiger partial charge in [-0.25, -0.2) is 4.79 Å². The number of ether oxygens (including phenoxy) is 2. The van der Waals surface area contributed by atoms with E-state index in [0.717, 1.165) is 23.2 Å². The van der Waals surface area contributed by atoms with Gasteiger partial charge >= 0.3 is 5.97 Å². The lowest BCUT2D eigenvalue weighted by Gasteiger charge is -2.08. The zero-order valence-electron chi connectivity index (χ0n) is 12.9. The molecule has 2 aromatic rings. The van der Waals surface area contributed by atoms with Crippen LogP contribution in [0.2, 0.25) is 5.02 Å². The Morgan fingerprint density at radius 1 is 1.30 bits per heavy atom. The van der Waals surface area contributed by atoms with Gasteiger partial charge in [-0.15, -0.1) is 0 Å². The van der Waals surface area contributed by atoms with Crippen molar-refractivity contribution in [1.29, 1.82) is 0 Å². The Balaban J connectivity index is 1.83. The predicted molar refractivity (Wildman–Crippen MR) is 89.0 cm³/mol. The molecule has 0 N–H and O–H groups in total. The van der Waals surface area contributed by atoms with Crippen LogP contribution in [0, 0.1) is 0 Å². The first kappa shape index (κ1) is 15.6. The molecule has 0 saturated carbocycles. The molecule has 0 atom stereocenters. The van der Waals surface area contributed by atoms with Gasteiger partial charge in [0.25, 0.3) is 0 Å². The number of carbonyl (C=O) groups excluding carboxylic acids is 1. The summed E-state index contributed by atoms with van der Waals surface area (Å²) >= 11 is 6.06. The molecule has 5 heteroatoms. The normalized spacial score (nSPS) is 12.6. The summed E-state index contributed by atoms with van der Waals surface area (Å²) in [7, 11) is 2.99. The standard InChI is InChI=1S/C18H16ClNO3/c1-22-17-10-11(3-4-15(17)19)7-12-8-14-13(18(21)23-2)5-6-20-16(14)9-12/h3-6,9-10H,7-8H2,1-2H3. The Morgan fingerprint density at radius 2 is 2.13 bits per heavy atom. The average Bonchev–Trinajstić information content (AvgIpc) is 2.98. The summed E-state index contributed by atoms with van der Waals surface area (Å²) in [6.45, 7) is 0. The van der Waals surface area contributed by atoms with E-state index >= 15 is 0 Å². The molecule has 23 heavy (non-hydrogen) atoms. The van der Waals surface area contributed by atoms with Gasteiger partial charge in [0.1, 0.15) is 5.75 Å². The highest BCUT2D eigenvalue weighted by atomic mass is 35.5. The second-order valence-corrected chi connectivity index (χ2v) is 5.75. The van der Waals surface area contributed by atoms with Crippen LogP contribution in [0.1, 0.15) is 27.2 Å². The number of hydrogen-bond acceptors (Lipinski definition) is 4. The fourth-order valence-electron chi connectivity index (χ4n) is 2.78. The molecule has 0 radical (unpaired) electrons. The van der Waals surface area contributed by atoms with Crippen molar-refractivity contribution in [3.63, 3.8) is 0 Å². The van der Waals surface area contributed by atoms with Crippen LogP contribution >= 0.6 is 11.6 Å². The van der Waals surface area contributed by atoms with Gasteiger partial charge in [-0.05, 0) is 48.2 Å². The molecule has 1 heterocycles. The molecule has 1 aromatic heterocycles. The van der Waals surface area contributed by atoms with Crippen LogP contribution in [0.25, 0.3) is 6.08 Å². The van der Waals surface area contributed by atoms with E-state index in [1.807, 2.05) is 24.3 Å². The number of halogens is 1. The molecular formula is C18H16ClNO3. The van der Waals surface area contributed by atoms with Crippen molar-refractivity contribution >= 4 is 23.6 Å². The summed E-state index contributed by atoms with van der Waals surface area (Å²) in [5.74, 6) is 0.333. The fraction of sp³-hybridized carbons (Fsp3) is 0.222. The maximum absolute atomic E-state index is 11.9. The highest BCUT2D eigenvalue weighted by Crippen LogP contribution is 2.31. The Morgan fingerprint density at radius 3 is 2.87 bits per heavy atom. The lowest BCUT2D eigenvalue weighted by Crippen LogP contribution is -2.06. The first-order valence-corrected chi connectivity index (χ1v) is 7.58. The number of allylic oxidation sites excluding steroid dienone is 1. The molecule has 1 aromatic carbocycles. The molecule has 0 amide bonds. The summed E-state index contributed by atoms with van der Waals surface area (Å²) in [6, 6.07) is 7.44. The quantitative estimate of drug-likeness (QED) is 0.802. The molecule has 0 fully saturated rings. The van der Waals surface area contributed by atoms with Crippen molar-refractivity contribution in [1.82, 2.24) is 4.98 Å². The third-order valence-corrected chi connectivity index (χ3v) is 4.20. The minimum Gasteiger partial charge on any atom is -0.495 e. The van der Waals surface area contributed by atoms with E-state index < -0.39 is 0 Å². The monoisotopic (exact) mass is 329 g/mol. The maximum atomic E-state index is 11.9. The van der Waals surface area contributed by atoms with E-state index in [1.165, 1.54) is 12.7 Å². The van der Waals surface area contributed by atoms with Crippen molar-refractivity contribution < 1.29 is 14.3 Å². The van der Waals surface area contributed by atoms with Crippen molar-refractivity contribution in [3.05, 3.63) is 63.4 Å². The fourth-order valence-corrected chi connectivity index (χ4v) is 2.98. The number of hydrogen-bond donors (Lipinski definition) is 0. The second-order valence-electron chi connectivity index (χ2n) is 5.34. The molecule has 4 nitrogen and oxygen atoms in total. The second kappa shape index (κ2) is 6.42. The molecule has 0 bridgehead atoms. The molecule has 1 aliphatic carbocycles. The zero-order valence-corrected chi connectivity index (χ0v) is 13.7. The van der Waals surface area contributed by atoms with Crippen molar-refractivity contribution in [3.8, 4) is 5.75 Å². The number of carbonyl (C=O) groups is 1. The predicted octanol–water partition coefficient (Wildman–Crippen LogP) is 3.71. The number of aromatic nitrogens is 1. The van der Waals surface area contributed by atoms with Crippen LogP contribution in [0.3, 0.4) is 0 Å². The highest BCUT2D eigenvalue weighted by Gasteiger charge is 2.21. The summed E-state index contributed by atoms with van der Waals surface area (Å²) < 4.78 is 10.1. The molecule has 3 rings (SSSR count). The number of benzene rings is 1. The summed E-state index contributed by atoms with van der Waals surface area (Å²) in [4.78, 5) is 16.2. The van der Waals surface area contributed by atoms with Crippen LogP contribution in [-0.4, -0.2) is 25.2 Å². The van der Waals surface area contributed by atoms with E-state index in [1.54, 1.807) is 19.4 Å². The van der Waals surface area contributed by atoms with E-state index in [9.17, 15) is 4.79 Å². The van der Waals surface area contributed by atoms with E-state index in [4.69, 9.17) is 21.1 Å². The zero-order chi connectivity index (χ0) is 16.4. The van der Waals surface area contributed by atoms with Gasteiger partial charge in [-0.1, -0.05) is 23.2 Å². The third kappa shape index (κ3) is 3.08. The summed E-state index contributed by atoms with van der Waals surface area (Å²) in [6.07, 6.45) is 5.11. The molecule has 0 aliphatic heterocycles. The van der Waals surface area contributed by atoms with Crippen LogP contribution in [0.15, 0.2) is 36.0 Å². The van der Waals surface area contributed by atoms with Gasteiger partial charge in [0, 0.05) is 6.20 Å². The van der Waals surface area contributed by atoms with E-state index in [2.05, 4.69) is 4.98 Å². The van der Waals surface area contributed by atoms with Crippen LogP contribution in [0.4, 0.5) is 0 Å². The molecule has 1 aliphatic rings. The molecule has 0 spiro atoms. The lowest BCUT2D eigenvalue weighted by atomic mass is 10.0. The number of rotatable bonds is 4. The number of esters is 1. The van der Waals surface area contributed by atoms with Gasteiger partial charge < -0.3 is 9.47 Å². The number of pyridine rings is 1. The molecule has 0 saturated heterocycles. The van der Waals surface area contributed by atoms with Crippen LogP contribution < -0.4 is 4.74 Å². The van der Waals surface area contributed by atoms with Crippen molar-refractivity contribution in [2.75, 3.05) is 14.2 Å². The molecule has 0 unspecified atom stereocenters. The van der Waals surface area contributed by atoms with E-state index in [0.29, 0.717) is 22.8 Å². The first-order valence-electron chi connectivity index (χ1n) is 7.20. The Hall–Kier alpha value is -2.33. The topological polar surface area (TPSA) is 48.4 Å². The van der Waals surface area contributed by atoms with Crippen LogP contribution in [-0.2, 0) is 17.6 Å². The Bertz CT molecular complexity index is 799. The van der Waals surface area contributed by atoms with Gasteiger partial charge in [-0.2, -0.15) is 0 Å². The van der Waals surface area contributed by atoms with Gasteiger partial charge in [0.2, 0.25) is 0 Å². The van der Waals surface area contributed by atoms with Crippen molar-refractivity contribution in [2.45, 2.75) is 12.8 Å². The summed E-state index contributed by atoms with van der Waals surface area (Å²) in [5.41, 5.74) is 4.63. The number of nitrogens with zero attached hydrogens (tertiary/aromatic N) is 1. The Labute approximate surface area is 139 Å². The molecular weight excluding hydrogens is 314 g/mol. The third-order valence-electron chi connectivity index (χ3n) is 3.89. The SMILES string of the molecule is COC(=O)c1ccnc2c1CC(Cc1ccc(Cl)c(OC)c1)=C2. The van der Waals surface area contributed by atoms with E-state index in [-0.39, 0.29) is 5.97 Å². The largest absolute Gasteiger partial charge is 0.495 e. The maximum Gasteiger partial charge on any atom is 0.338 e. The Kier molecular flexibility index (Phi) is 4.35.